The summed E-state index contributed by atoms with van der Waals surface area (Å²) < 4.78 is 54.8. The highest BCUT2D eigenvalue weighted by atomic mass is 16.8. The van der Waals surface area contributed by atoms with Gasteiger partial charge in [-0.1, -0.05) is 5.11 Å². The molecule has 0 saturated carbocycles. The Morgan fingerprint density at radius 3 is 1.37 bits per heavy atom. The fourth-order valence-corrected chi connectivity index (χ4v) is 4.63. The van der Waals surface area contributed by atoms with Crippen LogP contribution in [0.1, 0.15) is 48.5 Å². The molecule has 0 aromatic heterocycles. The minimum Gasteiger partial charge on any atom is -0.463 e. The van der Waals surface area contributed by atoms with Crippen LogP contribution < -0.4 is 0 Å². The molecule has 2 aliphatic rings. The highest BCUT2D eigenvalue weighted by Crippen LogP contribution is 2.35. The lowest BCUT2D eigenvalue weighted by atomic mass is 9.95. The molecule has 20 nitrogen and oxygen atoms in total. The Labute approximate surface area is 261 Å². The van der Waals surface area contributed by atoms with Crippen molar-refractivity contribution < 1.29 is 80.9 Å². The van der Waals surface area contributed by atoms with Crippen LogP contribution in [0.3, 0.4) is 0 Å². The minimum absolute atomic E-state index is 0.585. The summed E-state index contributed by atoms with van der Waals surface area (Å²) in [5.74, 6) is -6.10. The molecular formula is C26H35N3O17. The first-order valence-electron chi connectivity index (χ1n) is 13.7. The smallest absolute Gasteiger partial charge is 0.303 e. The second kappa shape index (κ2) is 17.2. The third kappa shape index (κ3) is 11.1. The predicted molar refractivity (Wildman–Crippen MR) is 142 cm³/mol. The highest BCUT2D eigenvalue weighted by molar-refractivity contribution is 5.69. The van der Waals surface area contributed by atoms with Crippen LogP contribution >= 0.6 is 0 Å². The SMILES string of the molecule is CC(=O)OCC1O[C@@H](N=[N+]=[N-])C(OC(C)=O)[C@H](OC(C)=O)[C@@H]1O[C@@H]1OC(COC(C)=O)[C@H](OC(C)=O)[C@H](OC(C)=O)C1OC(C)=O. The standard InChI is InChI=1S/C26H35N3O17/c1-10(30)37-8-17-20(21(40-13(4)33)23(42-15(6)35)25(44-17)28-29-27)46-26-24(43-16(7)36)22(41-14(5)34)19(39-12(3)32)18(45-26)9-38-11(2)31/h17-26H,8-9H2,1-7H3/t17?,18?,19-,20+,21+,22-,23?,24?,25+,26-/m0/s1. The van der Waals surface area contributed by atoms with Crippen LogP contribution in [0.4, 0.5) is 0 Å². The fourth-order valence-electron chi connectivity index (χ4n) is 4.63. The third-order valence-corrected chi connectivity index (χ3v) is 6.07. The normalized spacial score (nSPS) is 30.3. The first kappa shape index (κ1) is 37.7. The number of rotatable bonds is 12. The number of ether oxygens (including phenoxy) is 10. The number of azide groups is 1. The Morgan fingerprint density at radius 1 is 0.543 bits per heavy atom. The van der Waals surface area contributed by atoms with E-state index in [0.717, 1.165) is 48.5 Å². The van der Waals surface area contributed by atoms with Crippen molar-refractivity contribution in [2.45, 2.75) is 110 Å². The molecule has 0 spiro atoms. The van der Waals surface area contributed by atoms with Crippen LogP contribution in [0.5, 0.6) is 0 Å². The molecule has 4 unspecified atom stereocenters. The van der Waals surface area contributed by atoms with Gasteiger partial charge in [-0.2, -0.15) is 0 Å². The lowest BCUT2D eigenvalue weighted by Crippen LogP contribution is -2.67. The van der Waals surface area contributed by atoms with Crippen molar-refractivity contribution in [3.05, 3.63) is 10.4 Å². The molecule has 0 aliphatic carbocycles. The Morgan fingerprint density at radius 2 is 0.935 bits per heavy atom. The number of nitrogens with zero attached hydrogens (tertiary/aromatic N) is 3. The van der Waals surface area contributed by atoms with E-state index in [-0.39, 0.29) is 0 Å². The Kier molecular flexibility index (Phi) is 14.1. The molecule has 2 heterocycles. The number of hydrogen-bond donors (Lipinski definition) is 0. The average Bonchev–Trinajstić information content (AvgIpc) is 2.91. The minimum atomic E-state index is -1.82. The fraction of sp³-hybridized carbons (Fsp3) is 0.731. The molecule has 0 bridgehead atoms. The predicted octanol–water partition coefficient (Wildman–Crippen LogP) is -0.0836. The summed E-state index contributed by atoms with van der Waals surface area (Å²) in [6, 6.07) is 0. The second-order valence-corrected chi connectivity index (χ2v) is 9.89. The summed E-state index contributed by atoms with van der Waals surface area (Å²) in [6.45, 7) is 6.05. The number of esters is 7. The summed E-state index contributed by atoms with van der Waals surface area (Å²) in [5.41, 5.74) is 9.13. The maximum atomic E-state index is 12.2. The molecule has 256 valence electrons. The van der Waals surface area contributed by atoms with E-state index in [1.54, 1.807) is 0 Å². The number of carbonyl (C=O) groups excluding carboxylic acids is 7. The van der Waals surface area contributed by atoms with Crippen molar-refractivity contribution in [3.8, 4) is 0 Å². The molecule has 2 saturated heterocycles. The van der Waals surface area contributed by atoms with Crippen molar-refractivity contribution in [2.24, 2.45) is 5.11 Å². The Balaban J connectivity index is 2.73. The van der Waals surface area contributed by atoms with E-state index in [9.17, 15) is 33.6 Å². The summed E-state index contributed by atoms with van der Waals surface area (Å²) in [4.78, 5) is 86.7. The van der Waals surface area contributed by atoms with Gasteiger partial charge in [0.1, 0.15) is 31.5 Å². The molecular weight excluding hydrogens is 626 g/mol. The molecule has 2 fully saturated rings. The van der Waals surface area contributed by atoms with Crippen molar-refractivity contribution >= 4 is 41.8 Å². The van der Waals surface area contributed by atoms with Crippen LogP contribution in [0.25, 0.3) is 10.4 Å². The van der Waals surface area contributed by atoms with Gasteiger partial charge in [0.15, 0.2) is 43.0 Å². The zero-order valence-corrected chi connectivity index (χ0v) is 26.0. The van der Waals surface area contributed by atoms with Crippen LogP contribution in [0, 0.1) is 0 Å². The average molecular weight is 662 g/mol. The second-order valence-electron chi connectivity index (χ2n) is 9.89. The van der Waals surface area contributed by atoms with Crippen molar-refractivity contribution in [1.82, 2.24) is 0 Å². The molecule has 0 aromatic rings. The van der Waals surface area contributed by atoms with Gasteiger partial charge in [-0.3, -0.25) is 33.6 Å². The Hall–Kier alpha value is -4.52. The van der Waals surface area contributed by atoms with Gasteiger partial charge in [0, 0.05) is 53.4 Å². The molecule has 2 aliphatic heterocycles. The summed E-state index contributed by atoms with van der Waals surface area (Å²) in [6.07, 6.45) is -16.1. The van der Waals surface area contributed by atoms with Crippen LogP contribution in [0.2, 0.25) is 0 Å². The van der Waals surface area contributed by atoms with E-state index < -0.39 is 116 Å². The zero-order chi connectivity index (χ0) is 34.7. The molecule has 46 heavy (non-hydrogen) atoms. The molecule has 0 N–H and O–H groups in total. The van der Waals surface area contributed by atoms with Gasteiger partial charge in [0.2, 0.25) is 0 Å². The molecule has 10 atom stereocenters. The van der Waals surface area contributed by atoms with Gasteiger partial charge in [0.05, 0.1) is 0 Å². The van der Waals surface area contributed by atoms with E-state index in [1.165, 1.54) is 0 Å². The zero-order valence-electron chi connectivity index (χ0n) is 26.0. The van der Waals surface area contributed by atoms with E-state index in [0.29, 0.717) is 0 Å². The van der Waals surface area contributed by atoms with Gasteiger partial charge in [-0.05, 0) is 5.53 Å². The van der Waals surface area contributed by atoms with Gasteiger partial charge >= 0.3 is 41.8 Å². The van der Waals surface area contributed by atoms with Gasteiger partial charge in [0.25, 0.3) is 0 Å². The Bertz CT molecular complexity index is 1220. The van der Waals surface area contributed by atoms with Gasteiger partial charge in [-0.25, -0.2) is 0 Å². The molecule has 0 aromatic carbocycles. The monoisotopic (exact) mass is 661 g/mol. The molecule has 0 amide bonds. The van der Waals surface area contributed by atoms with Crippen molar-refractivity contribution in [1.29, 1.82) is 0 Å². The number of carbonyl (C=O) groups is 7. The van der Waals surface area contributed by atoms with E-state index in [1.807, 2.05) is 0 Å². The summed E-state index contributed by atoms with van der Waals surface area (Å²) in [5, 5.41) is 3.46. The maximum absolute atomic E-state index is 12.2. The van der Waals surface area contributed by atoms with Crippen LogP contribution in [0.15, 0.2) is 5.11 Å². The van der Waals surface area contributed by atoms with E-state index >= 15 is 0 Å². The molecule has 20 heteroatoms. The summed E-state index contributed by atoms with van der Waals surface area (Å²) in [7, 11) is 0. The summed E-state index contributed by atoms with van der Waals surface area (Å²) >= 11 is 0. The quantitative estimate of drug-likeness (QED) is 0.0870. The first-order chi connectivity index (χ1) is 21.5. The largest absolute Gasteiger partial charge is 0.463 e. The third-order valence-electron chi connectivity index (χ3n) is 6.07. The van der Waals surface area contributed by atoms with Crippen LogP contribution in [-0.4, -0.2) is 116 Å². The molecule has 2 rings (SSSR count). The highest BCUT2D eigenvalue weighted by Gasteiger charge is 2.57. The maximum Gasteiger partial charge on any atom is 0.303 e. The molecule has 0 radical (unpaired) electrons. The lowest BCUT2D eigenvalue weighted by molar-refractivity contribution is -0.344. The van der Waals surface area contributed by atoms with Gasteiger partial charge < -0.3 is 47.4 Å². The first-order valence-corrected chi connectivity index (χ1v) is 13.7. The lowest BCUT2D eigenvalue weighted by Gasteiger charge is -2.48. The topological polar surface area (TPSA) is 261 Å². The van der Waals surface area contributed by atoms with Crippen molar-refractivity contribution in [3.63, 3.8) is 0 Å². The van der Waals surface area contributed by atoms with E-state index in [4.69, 9.17) is 52.9 Å². The van der Waals surface area contributed by atoms with Crippen molar-refractivity contribution in [2.75, 3.05) is 13.2 Å². The van der Waals surface area contributed by atoms with Crippen LogP contribution in [-0.2, 0) is 80.9 Å². The number of hydrogen-bond acceptors (Lipinski definition) is 18. The van der Waals surface area contributed by atoms with E-state index in [2.05, 4.69) is 10.0 Å². The van der Waals surface area contributed by atoms with Gasteiger partial charge in [-0.15, -0.1) is 0 Å².